The summed E-state index contributed by atoms with van der Waals surface area (Å²) in [7, 11) is 3.68. The molecule has 0 radical (unpaired) electrons. The predicted octanol–water partition coefficient (Wildman–Crippen LogP) is 2.31. The number of methoxy groups -OCH3 is 1. The fourth-order valence-electron chi connectivity index (χ4n) is 1.79. The van der Waals surface area contributed by atoms with Gasteiger partial charge in [-0.1, -0.05) is 12.1 Å². The van der Waals surface area contributed by atoms with Crippen LogP contribution in [-0.4, -0.2) is 19.1 Å². The molecular weight excluding hydrogens is 226 g/mol. The highest BCUT2D eigenvalue weighted by Crippen LogP contribution is 2.19. The first-order chi connectivity index (χ1) is 8.69. The Labute approximate surface area is 107 Å². The van der Waals surface area contributed by atoms with Gasteiger partial charge in [0.05, 0.1) is 24.7 Å². The summed E-state index contributed by atoms with van der Waals surface area (Å²) >= 11 is 0. The van der Waals surface area contributed by atoms with Crippen LogP contribution in [0.2, 0.25) is 0 Å². The highest BCUT2D eigenvalue weighted by Gasteiger charge is 2.04. The lowest BCUT2D eigenvalue weighted by Crippen LogP contribution is -2.16. The molecule has 4 heteroatoms. The van der Waals surface area contributed by atoms with E-state index >= 15 is 0 Å². The van der Waals surface area contributed by atoms with Gasteiger partial charge in [0.2, 0.25) is 0 Å². The van der Waals surface area contributed by atoms with Crippen molar-refractivity contribution in [1.29, 1.82) is 0 Å². The van der Waals surface area contributed by atoms with Crippen LogP contribution in [0.4, 0.5) is 11.4 Å². The second-order valence-electron chi connectivity index (χ2n) is 4.18. The van der Waals surface area contributed by atoms with Gasteiger partial charge in [-0.2, -0.15) is 0 Å². The summed E-state index contributed by atoms with van der Waals surface area (Å²) in [5.74, 6) is 0.867. The molecule has 0 aliphatic carbocycles. The van der Waals surface area contributed by atoms with Gasteiger partial charge >= 0.3 is 0 Å². The Morgan fingerprint density at radius 2 is 2.11 bits per heavy atom. The minimum atomic E-state index is 0.671. The van der Waals surface area contributed by atoms with Crippen molar-refractivity contribution in [2.45, 2.75) is 6.54 Å². The first-order valence-corrected chi connectivity index (χ1v) is 5.73. The zero-order valence-electron chi connectivity index (χ0n) is 10.6. The second kappa shape index (κ2) is 5.40. The maximum Gasteiger partial charge on any atom is 0.119 e. The summed E-state index contributed by atoms with van der Waals surface area (Å²) in [6, 6.07) is 9.92. The molecule has 2 rings (SSSR count). The van der Waals surface area contributed by atoms with Crippen LogP contribution in [0.25, 0.3) is 0 Å². The second-order valence-corrected chi connectivity index (χ2v) is 4.18. The number of nitrogens with two attached hydrogens (primary N) is 1. The van der Waals surface area contributed by atoms with Gasteiger partial charge in [-0.3, -0.25) is 4.98 Å². The molecule has 1 aromatic carbocycles. The Bertz CT molecular complexity index is 528. The van der Waals surface area contributed by atoms with Crippen LogP contribution >= 0.6 is 0 Å². The van der Waals surface area contributed by atoms with E-state index in [9.17, 15) is 0 Å². The number of benzene rings is 1. The summed E-state index contributed by atoms with van der Waals surface area (Å²) in [4.78, 5) is 6.18. The maximum atomic E-state index is 5.73. The van der Waals surface area contributed by atoms with E-state index in [1.807, 2.05) is 31.3 Å². The average Bonchev–Trinajstić information content (AvgIpc) is 2.39. The third-order valence-electron chi connectivity index (χ3n) is 2.74. The van der Waals surface area contributed by atoms with Gasteiger partial charge in [0, 0.05) is 19.8 Å². The van der Waals surface area contributed by atoms with Crippen LogP contribution in [0.5, 0.6) is 5.75 Å². The zero-order valence-corrected chi connectivity index (χ0v) is 10.6. The topological polar surface area (TPSA) is 51.4 Å². The molecule has 0 unspecified atom stereocenters. The average molecular weight is 243 g/mol. The monoisotopic (exact) mass is 243 g/mol. The molecule has 0 aliphatic heterocycles. The molecule has 0 aliphatic rings. The molecule has 0 saturated heterocycles. The summed E-state index contributed by atoms with van der Waals surface area (Å²) < 4.78 is 5.21. The van der Waals surface area contributed by atoms with Crippen molar-refractivity contribution in [1.82, 2.24) is 4.98 Å². The predicted molar refractivity (Wildman–Crippen MR) is 73.8 cm³/mol. The van der Waals surface area contributed by atoms with E-state index in [1.165, 1.54) is 5.56 Å². The van der Waals surface area contributed by atoms with Crippen LogP contribution in [-0.2, 0) is 6.54 Å². The molecule has 2 aromatic rings. The molecule has 18 heavy (non-hydrogen) atoms. The van der Waals surface area contributed by atoms with E-state index in [0.717, 1.165) is 18.0 Å². The molecule has 0 spiro atoms. The fraction of sp³-hybridized carbons (Fsp3) is 0.214. The number of pyridine rings is 1. The largest absolute Gasteiger partial charge is 0.497 e. The van der Waals surface area contributed by atoms with Gasteiger partial charge in [0.25, 0.3) is 0 Å². The molecule has 2 N–H and O–H groups in total. The molecule has 0 atom stereocenters. The Hall–Kier alpha value is -2.23. The fourth-order valence-corrected chi connectivity index (χ4v) is 1.79. The standard InChI is InChI=1S/C14H17N3O/c1-17(13-7-12(15)8-16-9-13)10-11-4-3-5-14(6-11)18-2/h3-9H,10,15H2,1-2H3. The summed E-state index contributed by atoms with van der Waals surface area (Å²) in [5.41, 5.74) is 8.58. The first-order valence-electron chi connectivity index (χ1n) is 5.73. The van der Waals surface area contributed by atoms with Crippen molar-refractivity contribution >= 4 is 11.4 Å². The van der Waals surface area contributed by atoms with Crippen LogP contribution in [0.15, 0.2) is 42.7 Å². The summed E-state index contributed by atoms with van der Waals surface area (Å²) in [6.45, 7) is 0.780. The van der Waals surface area contributed by atoms with Gasteiger partial charge in [0.15, 0.2) is 0 Å². The summed E-state index contributed by atoms with van der Waals surface area (Å²) in [6.07, 6.45) is 3.44. The van der Waals surface area contributed by atoms with Crippen LogP contribution < -0.4 is 15.4 Å². The van der Waals surface area contributed by atoms with Crippen LogP contribution in [0.1, 0.15) is 5.56 Å². The SMILES string of the molecule is COc1cccc(CN(C)c2cncc(N)c2)c1. The van der Waals surface area contributed by atoms with Crippen LogP contribution in [0, 0.1) is 0 Å². The number of hydrogen-bond acceptors (Lipinski definition) is 4. The van der Waals surface area contributed by atoms with Crippen LogP contribution in [0.3, 0.4) is 0 Å². The van der Waals surface area contributed by atoms with Crippen molar-refractivity contribution < 1.29 is 4.74 Å². The molecule has 0 bridgehead atoms. The zero-order chi connectivity index (χ0) is 13.0. The number of rotatable bonds is 4. The first kappa shape index (κ1) is 12.2. The minimum absolute atomic E-state index is 0.671. The normalized spacial score (nSPS) is 10.1. The van der Waals surface area contributed by atoms with Gasteiger partial charge in [-0.05, 0) is 23.8 Å². The third-order valence-corrected chi connectivity index (χ3v) is 2.74. The Morgan fingerprint density at radius 3 is 2.83 bits per heavy atom. The lowest BCUT2D eigenvalue weighted by molar-refractivity contribution is 0.414. The van der Waals surface area contributed by atoms with E-state index in [0.29, 0.717) is 5.69 Å². The Kier molecular flexibility index (Phi) is 3.67. The maximum absolute atomic E-state index is 5.73. The number of nitrogens with zero attached hydrogens (tertiary/aromatic N) is 2. The Morgan fingerprint density at radius 1 is 1.28 bits per heavy atom. The molecule has 94 valence electrons. The van der Waals surface area contributed by atoms with Gasteiger partial charge < -0.3 is 15.4 Å². The Balaban J connectivity index is 2.13. The third kappa shape index (κ3) is 2.91. The van der Waals surface area contributed by atoms with Gasteiger partial charge in [0.1, 0.15) is 5.75 Å². The quantitative estimate of drug-likeness (QED) is 0.895. The molecule has 0 fully saturated rings. The van der Waals surface area contributed by atoms with Crippen molar-refractivity contribution in [3.63, 3.8) is 0 Å². The molecule has 0 amide bonds. The van der Waals surface area contributed by atoms with Crippen molar-refractivity contribution in [2.24, 2.45) is 0 Å². The molecule has 0 saturated carbocycles. The number of anilines is 2. The van der Waals surface area contributed by atoms with E-state index in [4.69, 9.17) is 10.5 Å². The molecule has 1 aromatic heterocycles. The van der Waals surface area contributed by atoms with E-state index in [2.05, 4.69) is 16.0 Å². The van der Waals surface area contributed by atoms with E-state index in [-0.39, 0.29) is 0 Å². The lowest BCUT2D eigenvalue weighted by atomic mass is 10.2. The van der Waals surface area contributed by atoms with Gasteiger partial charge in [-0.15, -0.1) is 0 Å². The van der Waals surface area contributed by atoms with Crippen molar-refractivity contribution in [3.8, 4) is 5.75 Å². The molecule has 4 nitrogen and oxygen atoms in total. The van der Waals surface area contributed by atoms with Gasteiger partial charge in [-0.25, -0.2) is 0 Å². The summed E-state index contributed by atoms with van der Waals surface area (Å²) in [5, 5.41) is 0. The molecule has 1 heterocycles. The number of nitrogen functional groups attached to an aromatic ring is 1. The lowest BCUT2D eigenvalue weighted by Gasteiger charge is -2.19. The number of aromatic nitrogens is 1. The van der Waals surface area contributed by atoms with Crippen molar-refractivity contribution in [2.75, 3.05) is 24.8 Å². The number of ether oxygens (including phenoxy) is 1. The smallest absolute Gasteiger partial charge is 0.119 e. The molecular formula is C14H17N3O. The van der Waals surface area contributed by atoms with E-state index < -0.39 is 0 Å². The van der Waals surface area contributed by atoms with E-state index in [1.54, 1.807) is 19.5 Å². The minimum Gasteiger partial charge on any atom is -0.497 e. The number of hydrogen-bond donors (Lipinski definition) is 1. The van der Waals surface area contributed by atoms with Crippen molar-refractivity contribution in [3.05, 3.63) is 48.3 Å². The highest BCUT2D eigenvalue weighted by molar-refractivity contribution is 5.53. The highest BCUT2D eigenvalue weighted by atomic mass is 16.5.